The molecule has 0 fully saturated rings. The monoisotopic (exact) mass is 355 g/mol. The molecular weight excluding hydrogens is 338 g/mol. The highest BCUT2D eigenvalue weighted by Gasteiger charge is 2.06. The molecule has 1 N–H and O–H groups in total. The number of nitrogens with one attached hydrogen (secondary N) is 1. The second-order valence-electron chi connectivity index (χ2n) is 5.27. The Hall–Kier alpha value is -2.18. The zero-order chi connectivity index (χ0) is 16.8. The molecule has 0 spiro atoms. The van der Waals surface area contributed by atoms with Gasteiger partial charge >= 0.3 is 0 Å². The van der Waals surface area contributed by atoms with Gasteiger partial charge in [0.05, 0.1) is 18.0 Å². The largest absolute Gasteiger partial charge is 0.350 e. The molecule has 0 aliphatic carbocycles. The average molecular weight is 355 g/mol. The Morgan fingerprint density at radius 3 is 2.62 bits per heavy atom. The first-order chi connectivity index (χ1) is 11.7. The van der Waals surface area contributed by atoms with Gasteiger partial charge in [-0.1, -0.05) is 47.7 Å². The molecule has 0 saturated heterocycles. The fourth-order valence-electron chi connectivity index (χ4n) is 2.06. The van der Waals surface area contributed by atoms with Crippen molar-refractivity contribution in [2.75, 3.05) is 5.75 Å². The smallest absolute Gasteiger partial charge is 0.230 e. The van der Waals surface area contributed by atoms with Crippen LogP contribution in [0.1, 0.15) is 10.4 Å². The van der Waals surface area contributed by atoms with Crippen molar-refractivity contribution < 1.29 is 4.79 Å². The quantitative estimate of drug-likeness (QED) is 0.681. The molecule has 0 radical (unpaired) electrons. The van der Waals surface area contributed by atoms with E-state index in [1.165, 1.54) is 17.3 Å². The number of hydrogen-bond acceptors (Lipinski definition) is 5. The molecule has 1 amide bonds. The van der Waals surface area contributed by atoms with E-state index in [0.717, 1.165) is 21.2 Å². The van der Waals surface area contributed by atoms with E-state index in [1.807, 2.05) is 41.8 Å². The highest BCUT2D eigenvalue weighted by molar-refractivity contribution is 7.99. The first kappa shape index (κ1) is 16.7. The number of nitrogens with zero attached hydrogens (tertiary/aromatic N) is 2. The summed E-state index contributed by atoms with van der Waals surface area (Å²) in [7, 11) is 0. The standard InChI is InChI=1S/C18H17N3OS2/c1-13-4-6-14(7-5-13)16-8-9-18(21-20-16)24-12-17(22)19-11-15-3-2-10-23-15/h2-10H,11-12H2,1H3,(H,19,22). The average Bonchev–Trinajstić information content (AvgIpc) is 3.13. The highest BCUT2D eigenvalue weighted by atomic mass is 32.2. The minimum Gasteiger partial charge on any atom is -0.350 e. The Balaban J connectivity index is 1.50. The lowest BCUT2D eigenvalue weighted by Gasteiger charge is -2.04. The van der Waals surface area contributed by atoms with Gasteiger partial charge in [-0.05, 0) is 30.5 Å². The van der Waals surface area contributed by atoms with E-state index in [4.69, 9.17) is 0 Å². The third-order valence-corrected chi connectivity index (χ3v) is 5.17. The summed E-state index contributed by atoms with van der Waals surface area (Å²) in [6.45, 7) is 2.63. The summed E-state index contributed by atoms with van der Waals surface area (Å²) in [6.07, 6.45) is 0. The molecule has 0 atom stereocenters. The van der Waals surface area contributed by atoms with Crippen molar-refractivity contribution in [1.29, 1.82) is 0 Å². The van der Waals surface area contributed by atoms with Crippen LogP contribution >= 0.6 is 23.1 Å². The van der Waals surface area contributed by atoms with Crippen molar-refractivity contribution in [3.8, 4) is 11.3 Å². The van der Waals surface area contributed by atoms with Crippen LogP contribution in [0.4, 0.5) is 0 Å². The fourth-order valence-corrected chi connectivity index (χ4v) is 3.35. The first-order valence-corrected chi connectivity index (χ1v) is 9.40. The van der Waals surface area contributed by atoms with Gasteiger partial charge in [-0.25, -0.2) is 0 Å². The maximum absolute atomic E-state index is 11.9. The van der Waals surface area contributed by atoms with Gasteiger partial charge in [-0.15, -0.1) is 21.5 Å². The molecule has 0 bridgehead atoms. The first-order valence-electron chi connectivity index (χ1n) is 7.53. The Kier molecular flexibility index (Phi) is 5.61. The van der Waals surface area contributed by atoms with Crippen LogP contribution in [0.3, 0.4) is 0 Å². The Bertz CT molecular complexity index is 784. The summed E-state index contributed by atoms with van der Waals surface area (Å²) in [4.78, 5) is 13.0. The summed E-state index contributed by atoms with van der Waals surface area (Å²) in [5, 5.41) is 14.1. The van der Waals surface area contributed by atoms with Gasteiger partial charge in [0, 0.05) is 10.4 Å². The van der Waals surface area contributed by atoms with Crippen LogP contribution in [-0.2, 0) is 11.3 Å². The van der Waals surface area contributed by atoms with Crippen LogP contribution in [-0.4, -0.2) is 21.9 Å². The summed E-state index contributed by atoms with van der Waals surface area (Å²) >= 11 is 3.03. The van der Waals surface area contributed by atoms with Crippen molar-refractivity contribution in [2.24, 2.45) is 0 Å². The second kappa shape index (κ2) is 8.08. The van der Waals surface area contributed by atoms with E-state index in [2.05, 4.69) is 34.6 Å². The summed E-state index contributed by atoms with van der Waals surface area (Å²) in [5.74, 6) is 0.335. The number of carbonyl (C=O) groups excluding carboxylic acids is 1. The molecule has 122 valence electrons. The van der Waals surface area contributed by atoms with Crippen LogP contribution in [0.25, 0.3) is 11.3 Å². The molecule has 24 heavy (non-hydrogen) atoms. The normalized spacial score (nSPS) is 10.5. The van der Waals surface area contributed by atoms with Gasteiger partial charge in [-0.3, -0.25) is 4.79 Å². The van der Waals surface area contributed by atoms with Gasteiger partial charge in [0.25, 0.3) is 0 Å². The van der Waals surface area contributed by atoms with Crippen molar-refractivity contribution in [2.45, 2.75) is 18.5 Å². The van der Waals surface area contributed by atoms with Crippen LogP contribution < -0.4 is 5.32 Å². The van der Waals surface area contributed by atoms with E-state index in [1.54, 1.807) is 11.3 Å². The molecule has 2 heterocycles. The topological polar surface area (TPSA) is 54.9 Å². The number of rotatable bonds is 6. The van der Waals surface area contributed by atoms with E-state index in [-0.39, 0.29) is 5.91 Å². The molecule has 0 unspecified atom stereocenters. The van der Waals surface area contributed by atoms with E-state index in [0.29, 0.717) is 12.3 Å². The minimum absolute atomic E-state index is 0.00203. The van der Waals surface area contributed by atoms with Gasteiger partial charge in [0.1, 0.15) is 5.03 Å². The number of hydrogen-bond donors (Lipinski definition) is 1. The maximum atomic E-state index is 11.9. The van der Waals surface area contributed by atoms with Crippen LogP contribution in [0.2, 0.25) is 0 Å². The van der Waals surface area contributed by atoms with Gasteiger partial charge in [0.15, 0.2) is 0 Å². The molecule has 0 aliphatic rings. The second-order valence-corrected chi connectivity index (χ2v) is 7.30. The van der Waals surface area contributed by atoms with Crippen molar-refractivity contribution in [1.82, 2.24) is 15.5 Å². The molecule has 3 rings (SSSR count). The lowest BCUT2D eigenvalue weighted by molar-refractivity contribution is -0.118. The molecule has 4 nitrogen and oxygen atoms in total. The third kappa shape index (κ3) is 4.66. The zero-order valence-corrected chi connectivity index (χ0v) is 14.9. The maximum Gasteiger partial charge on any atom is 0.230 e. The number of aromatic nitrogens is 2. The molecule has 0 saturated carbocycles. The zero-order valence-electron chi connectivity index (χ0n) is 13.2. The lowest BCUT2D eigenvalue weighted by atomic mass is 10.1. The molecule has 2 aromatic heterocycles. The fraction of sp³-hybridized carbons (Fsp3) is 0.167. The third-order valence-electron chi connectivity index (χ3n) is 3.38. The van der Waals surface area contributed by atoms with Crippen molar-refractivity contribution in [3.63, 3.8) is 0 Å². The lowest BCUT2D eigenvalue weighted by Crippen LogP contribution is -2.24. The van der Waals surface area contributed by atoms with Gasteiger partial charge < -0.3 is 5.32 Å². The molecule has 1 aromatic carbocycles. The van der Waals surface area contributed by atoms with Gasteiger partial charge in [0.2, 0.25) is 5.91 Å². The molecular formula is C18H17N3OS2. The Morgan fingerprint density at radius 2 is 1.96 bits per heavy atom. The number of thioether (sulfide) groups is 1. The van der Waals surface area contributed by atoms with Gasteiger partial charge in [-0.2, -0.15) is 0 Å². The molecule has 3 aromatic rings. The highest BCUT2D eigenvalue weighted by Crippen LogP contribution is 2.20. The molecule has 6 heteroatoms. The number of benzene rings is 1. The number of carbonyl (C=O) groups is 1. The number of thiophene rings is 1. The van der Waals surface area contributed by atoms with Crippen molar-refractivity contribution >= 4 is 29.0 Å². The summed E-state index contributed by atoms with van der Waals surface area (Å²) in [5.41, 5.74) is 3.09. The minimum atomic E-state index is -0.00203. The molecule has 0 aliphatic heterocycles. The van der Waals surface area contributed by atoms with Crippen LogP contribution in [0.15, 0.2) is 58.9 Å². The summed E-state index contributed by atoms with van der Waals surface area (Å²) < 4.78 is 0. The van der Waals surface area contributed by atoms with E-state index >= 15 is 0 Å². The summed E-state index contributed by atoms with van der Waals surface area (Å²) in [6, 6.07) is 16.0. The number of aryl methyl sites for hydroxylation is 1. The van der Waals surface area contributed by atoms with E-state index < -0.39 is 0 Å². The SMILES string of the molecule is Cc1ccc(-c2ccc(SCC(=O)NCc3cccs3)nn2)cc1. The Morgan fingerprint density at radius 1 is 1.12 bits per heavy atom. The number of amides is 1. The van der Waals surface area contributed by atoms with Crippen LogP contribution in [0.5, 0.6) is 0 Å². The van der Waals surface area contributed by atoms with Crippen molar-refractivity contribution in [3.05, 3.63) is 64.4 Å². The van der Waals surface area contributed by atoms with Crippen LogP contribution in [0, 0.1) is 6.92 Å². The van der Waals surface area contributed by atoms with E-state index in [9.17, 15) is 4.79 Å². The Labute approximate surface area is 149 Å². The predicted molar refractivity (Wildman–Crippen MR) is 99.1 cm³/mol. The predicted octanol–water partition coefficient (Wildman–Crippen LogP) is 3.92.